The van der Waals surface area contributed by atoms with E-state index < -0.39 is 0 Å². The van der Waals surface area contributed by atoms with Crippen LogP contribution in [-0.2, 0) is 0 Å². The average molecular weight is 220 g/mol. The lowest BCUT2D eigenvalue weighted by molar-refractivity contribution is 0.997. The third kappa shape index (κ3) is 1.13. The van der Waals surface area contributed by atoms with Crippen molar-refractivity contribution in [2.75, 3.05) is 5.73 Å². The van der Waals surface area contributed by atoms with Gasteiger partial charge in [-0.25, -0.2) is 14.5 Å². The fraction of sp³-hybridized carbons (Fsp3) is 0. The maximum Gasteiger partial charge on any atom is 0.198 e. The minimum absolute atomic E-state index is 0.363. The van der Waals surface area contributed by atoms with Gasteiger partial charge in [0.25, 0.3) is 0 Å². The summed E-state index contributed by atoms with van der Waals surface area (Å²) in [5.41, 5.74) is 7.82. The predicted octanol–water partition coefficient (Wildman–Crippen LogP) is 1.51. The zero-order valence-corrected chi connectivity index (χ0v) is 8.31. The predicted molar refractivity (Wildman–Crippen MR) is 57.7 cm³/mol. The number of aromatic nitrogens is 4. The summed E-state index contributed by atoms with van der Waals surface area (Å²) >= 11 is 5.91. The van der Waals surface area contributed by atoms with Crippen molar-refractivity contribution in [3.05, 3.63) is 29.5 Å². The monoisotopic (exact) mass is 219 g/mol. The molecule has 0 spiro atoms. The van der Waals surface area contributed by atoms with Crippen molar-refractivity contribution in [1.29, 1.82) is 0 Å². The summed E-state index contributed by atoms with van der Waals surface area (Å²) in [4.78, 5) is 8.23. The Hall–Kier alpha value is -1.88. The molecule has 2 N–H and O–H groups in total. The summed E-state index contributed by atoms with van der Waals surface area (Å²) in [6, 6.07) is 5.35. The van der Waals surface area contributed by atoms with Gasteiger partial charge in [-0.15, -0.1) is 0 Å². The molecule has 0 unspecified atom stereocenters. The van der Waals surface area contributed by atoms with Gasteiger partial charge in [0.05, 0.1) is 11.0 Å². The van der Waals surface area contributed by atoms with Gasteiger partial charge in [-0.05, 0) is 18.2 Å². The molecule has 1 aromatic carbocycles. The largest absolute Gasteiger partial charge is 0.381 e. The Morgan fingerprint density at radius 2 is 2.20 bits per heavy atom. The van der Waals surface area contributed by atoms with E-state index >= 15 is 0 Å². The summed E-state index contributed by atoms with van der Waals surface area (Å²) in [6.45, 7) is 0. The molecule has 0 fully saturated rings. The third-order valence-electron chi connectivity index (χ3n) is 2.18. The van der Waals surface area contributed by atoms with E-state index in [1.165, 1.54) is 6.33 Å². The molecule has 74 valence electrons. The van der Waals surface area contributed by atoms with Crippen LogP contribution in [0.5, 0.6) is 0 Å². The maximum absolute atomic E-state index is 5.91. The number of hydrogen-bond acceptors (Lipinski definition) is 4. The smallest absolute Gasteiger partial charge is 0.198 e. The SMILES string of the molecule is Nc1nc2ccc(Cl)cc2n2ncnc12. The van der Waals surface area contributed by atoms with E-state index in [4.69, 9.17) is 17.3 Å². The molecule has 6 heteroatoms. The topological polar surface area (TPSA) is 69.1 Å². The highest BCUT2D eigenvalue weighted by Crippen LogP contribution is 2.20. The maximum atomic E-state index is 5.91. The Bertz CT molecular complexity index is 660. The van der Waals surface area contributed by atoms with Crippen LogP contribution in [0.25, 0.3) is 16.7 Å². The summed E-state index contributed by atoms with van der Waals surface area (Å²) in [7, 11) is 0. The van der Waals surface area contributed by atoms with E-state index in [1.807, 2.05) is 0 Å². The summed E-state index contributed by atoms with van der Waals surface area (Å²) in [6.07, 6.45) is 1.44. The second-order valence-electron chi connectivity index (χ2n) is 3.13. The van der Waals surface area contributed by atoms with Gasteiger partial charge >= 0.3 is 0 Å². The molecule has 3 aromatic rings. The Balaban J connectivity index is 2.61. The zero-order chi connectivity index (χ0) is 10.4. The van der Waals surface area contributed by atoms with Crippen molar-refractivity contribution >= 4 is 34.1 Å². The summed E-state index contributed by atoms with van der Waals surface area (Å²) in [5.74, 6) is 0.363. The van der Waals surface area contributed by atoms with Crippen LogP contribution in [0.3, 0.4) is 0 Å². The molecule has 0 atom stereocenters. The van der Waals surface area contributed by atoms with Gasteiger partial charge in [-0.3, -0.25) is 0 Å². The molecule has 0 radical (unpaired) electrons. The van der Waals surface area contributed by atoms with Gasteiger partial charge in [0.2, 0.25) is 0 Å². The molecule has 0 amide bonds. The minimum atomic E-state index is 0.363. The van der Waals surface area contributed by atoms with Crippen LogP contribution < -0.4 is 5.73 Å². The third-order valence-corrected chi connectivity index (χ3v) is 2.42. The van der Waals surface area contributed by atoms with Crippen LogP contribution in [0.1, 0.15) is 0 Å². The lowest BCUT2D eigenvalue weighted by atomic mass is 10.3. The number of halogens is 1. The van der Waals surface area contributed by atoms with E-state index in [-0.39, 0.29) is 0 Å². The molecule has 15 heavy (non-hydrogen) atoms. The minimum Gasteiger partial charge on any atom is -0.381 e. The van der Waals surface area contributed by atoms with E-state index in [2.05, 4.69) is 15.1 Å². The number of nitrogens with two attached hydrogens (primary N) is 1. The van der Waals surface area contributed by atoms with Gasteiger partial charge in [0, 0.05) is 5.02 Å². The quantitative estimate of drug-likeness (QED) is 0.622. The summed E-state index contributed by atoms with van der Waals surface area (Å²) < 4.78 is 1.63. The average Bonchev–Trinajstić information content (AvgIpc) is 2.69. The van der Waals surface area contributed by atoms with Crippen LogP contribution in [0.15, 0.2) is 24.5 Å². The second-order valence-corrected chi connectivity index (χ2v) is 3.56. The Morgan fingerprint density at radius 3 is 3.07 bits per heavy atom. The molecule has 0 bridgehead atoms. The Labute approximate surface area is 89.5 Å². The molecule has 2 aromatic heterocycles. The molecule has 0 aliphatic rings. The highest BCUT2D eigenvalue weighted by molar-refractivity contribution is 6.31. The lowest BCUT2D eigenvalue weighted by Crippen LogP contribution is -1.99. The van der Waals surface area contributed by atoms with E-state index in [0.29, 0.717) is 16.5 Å². The normalized spacial score (nSPS) is 11.3. The zero-order valence-electron chi connectivity index (χ0n) is 7.55. The second kappa shape index (κ2) is 2.80. The Morgan fingerprint density at radius 1 is 1.33 bits per heavy atom. The molecular weight excluding hydrogens is 214 g/mol. The first-order chi connectivity index (χ1) is 7.25. The van der Waals surface area contributed by atoms with Crippen LogP contribution >= 0.6 is 11.6 Å². The van der Waals surface area contributed by atoms with E-state index in [1.54, 1.807) is 22.7 Å². The standard InChI is InChI=1S/C9H6ClN5/c10-5-1-2-6-7(3-5)15-9(8(11)14-6)12-4-13-15/h1-4H,(H2,11,14). The number of anilines is 1. The number of rotatable bonds is 0. The van der Waals surface area contributed by atoms with Crippen LogP contribution in [0.4, 0.5) is 5.82 Å². The van der Waals surface area contributed by atoms with E-state index in [0.717, 1.165) is 11.0 Å². The molecule has 5 nitrogen and oxygen atoms in total. The van der Waals surface area contributed by atoms with Gasteiger partial charge in [-0.1, -0.05) is 11.6 Å². The molecular formula is C9H6ClN5. The first-order valence-corrected chi connectivity index (χ1v) is 4.68. The highest BCUT2D eigenvalue weighted by Gasteiger charge is 2.07. The number of benzene rings is 1. The lowest BCUT2D eigenvalue weighted by Gasteiger charge is -2.02. The van der Waals surface area contributed by atoms with Crippen LogP contribution in [0.2, 0.25) is 5.02 Å². The Kier molecular flexibility index (Phi) is 1.58. The van der Waals surface area contributed by atoms with Crippen molar-refractivity contribution in [2.24, 2.45) is 0 Å². The molecule has 0 aliphatic carbocycles. The van der Waals surface area contributed by atoms with Crippen molar-refractivity contribution in [1.82, 2.24) is 19.6 Å². The van der Waals surface area contributed by atoms with Crippen molar-refractivity contribution < 1.29 is 0 Å². The van der Waals surface area contributed by atoms with Gasteiger partial charge < -0.3 is 5.73 Å². The number of fused-ring (bicyclic) bond motifs is 3. The number of nitrogen functional groups attached to an aromatic ring is 1. The first-order valence-electron chi connectivity index (χ1n) is 4.30. The van der Waals surface area contributed by atoms with Gasteiger partial charge in [0.1, 0.15) is 6.33 Å². The van der Waals surface area contributed by atoms with Gasteiger partial charge in [0.15, 0.2) is 11.5 Å². The van der Waals surface area contributed by atoms with Crippen molar-refractivity contribution in [3.63, 3.8) is 0 Å². The number of nitrogens with zero attached hydrogens (tertiary/aromatic N) is 4. The van der Waals surface area contributed by atoms with Crippen molar-refractivity contribution in [2.45, 2.75) is 0 Å². The molecule has 2 heterocycles. The number of hydrogen-bond donors (Lipinski definition) is 1. The van der Waals surface area contributed by atoms with E-state index in [9.17, 15) is 0 Å². The fourth-order valence-corrected chi connectivity index (χ4v) is 1.70. The molecule has 0 saturated carbocycles. The van der Waals surface area contributed by atoms with Gasteiger partial charge in [-0.2, -0.15) is 5.10 Å². The molecule has 0 saturated heterocycles. The molecule has 0 aliphatic heterocycles. The molecule has 3 rings (SSSR count). The summed E-state index contributed by atoms with van der Waals surface area (Å²) in [5, 5.41) is 4.71. The van der Waals surface area contributed by atoms with Crippen LogP contribution in [0, 0.1) is 0 Å². The fourth-order valence-electron chi connectivity index (χ4n) is 1.53. The highest BCUT2D eigenvalue weighted by atomic mass is 35.5. The van der Waals surface area contributed by atoms with Crippen molar-refractivity contribution in [3.8, 4) is 0 Å². The van der Waals surface area contributed by atoms with Crippen LogP contribution in [-0.4, -0.2) is 19.6 Å². The first kappa shape index (κ1) is 8.43.